The number of hydrogen-bond donors (Lipinski definition) is 0. The number of aryl methyl sites for hydroxylation is 1. The first-order valence-corrected chi connectivity index (χ1v) is 10.4. The first kappa shape index (κ1) is 17.1. The highest BCUT2D eigenvalue weighted by atomic mass is 79.9. The SMILES string of the molecule is Cc1cc(Br)c(S(=O)(=O)N2CCCC2Cc2cccc(F)c2)s1. The molecular formula is C16H17BrFNO2S2. The van der Waals surface area contributed by atoms with Crippen molar-refractivity contribution in [3.63, 3.8) is 0 Å². The van der Waals surface area contributed by atoms with Crippen molar-refractivity contribution >= 4 is 37.3 Å². The van der Waals surface area contributed by atoms with Crippen molar-refractivity contribution in [3.05, 3.63) is 51.1 Å². The van der Waals surface area contributed by atoms with Crippen LogP contribution >= 0.6 is 27.3 Å². The highest BCUT2D eigenvalue weighted by Crippen LogP contribution is 2.36. The number of nitrogens with zero attached hydrogens (tertiary/aromatic N) is 1. The molecule has 0 radical (unpaired) electrons. The van der Waals surface area contributed by atoms with E-state index in [9.17, 15) is 12.8 Å². The molecule has 0 spiro atoms. The lowest BCUT2D eigenvalue weighted by Crippen LogP contribution is -2.36. The van der Waals surface area contributed by atoms with Gasteiger partial charge >= 0.3 is 0 Å². The highest BCUT2D eigenvalue weighted by molar-refractivity contribution is 9.10. The Balaban J connectivity index is 1.87. The fourth-order valence-electron chi connectivity index (χ4n) is 3.01. The van der Waals surface area contributed by atoms with E-state index in [2.05, 4.69) is 15.9 Å². The van der Waals surface area contributed by atoms with Gasteiger partial charge in [0.1, 0.15) is 10.0 Å². The molecule has 23 heavy (non-hydrogen) atoms. The minimum atomic E-state index is -3.52. The van der Waals surface area contributed by atoms with Gasteiger partial charge in [-0.3, -0.25) is 0 Å². The average molecular weight is 418 g/mol. The van der Waals surface area contributed by atoms with Gasteiger partial charge in [0.15, 0.2) is 0 Å². The van der Waals surface area contributed by atoms with E-state index in [4.69, 9.17) is 0 Å². The van der Waals surface area contributed by atoms with Crippen LogP contribution in [0.3, 0.4) is 0 Å². The molecule has 1 unspecified atom stereocenters. The lowest BCUT2D eigenvalue weighted by atomic mass is 10.0. The molecule has 1 fully saturated rings. The summed E-state index contributed by atoms with van der Waals surface area (Å²) in [6, 6.07) is 8.10. The molecule has 0 N–H and O–H groups in total. The van der Waals surface area contributed by atoms with Gasteiger partial charge in [-0.1, -0.05) is 12.1 Å². The quantitative estimate of drug-likeness (QED) is 0.740. The zero-order valence-corrected chi connectivity index (χ0v) is 15.8. The van der Waals surface area contributed by atoms with E-state index in [0.717, 1.165) is 23.3 Å². The Bertz CT molecular complexity index is 819. The Morgan fingerprint density at radius 2 is 2.17 bits per heavy atom. The van der Waals surface area contributed by atoms with Gasteiger partial charge in [-0.15, -0.1) is 11.3 Å². The van der Waals surface area contributed by atoms with E-state index in [-0.39, 0.29) is 11.9 Å². The molecule has 1 aromatic heterocycles. The summed E-state index contributed by atoms with van der Waals surface area (Å²) in [5.74, 6) is -0.286. The van der Waals surface area contributed by atoms with Crippen LogP contribution in [0.25, 0.3) is 0 Å². The largest absolute Gasteiger partial charge is 0.253 e. The van der Waals surface area contributed by atoms with Crippen LogP contribution in [0.2, 0.25) is 0 Å². The molecule has 1 aliphatic rings. The lowest BCUT2D eigenvalue weighted by Gasteiger charge is -2.23. The summed E-state index contributed by atoms with van der Waals surface area (Å²) in [7, 11) is -3.52. The van der Waals surface area contributed by atoms with Gasteiger partial charge in [-0.2, -0.15) is 4.31 Å². The van der Waals surface area contributed by atoms with E-state index in [1.807, 2.05) is 19.1 Å². The third-order valence-electron chi connectivity index (χ3n) is 4.01. The Hall–Kier alpha value is -0.760. The monoisotopic (exact) mass is 417 g/mol. The van der Waals surface area contributed by atoms with Crippen molar-refractivity contribution in [2.75, 3.05) is 6.54 Å². The second-order valence-corrected chi connectivity index (χ2v) is 9.93. The predicted octanol–water partition coefficient (Wildman–Crippen LogP) is 4.35. The zero-order valence-electron chi connectivity index (χ0n) is 12.6. The maximum atomic E-state index is 13.4. The summed E-state index contributed by atoms with van der Waals surface area (Å²) in [6.45, 7) is 2.41. The third-order valence-corrected chi connectivity index (χ3v) is 8.67. The van der Waals surface area contributed by atoms with Gasteiger partial charge in [-0.05, 0) is 65.9 Å². The van der Waals surface area contributed by atoms with Crippen molar-refractivity contribution in [1.29, 1.82) is 0 Å². The van der Waals surface area contributed by atoms with Gasteiger partial charge in [-0.25, -0.2) is 12.8 Å². The Kier molecular flexibility index (Phi) is 4.92. The van der Waals surface area contributed by atoms with E-state index in [1.165, 1.54) is 23.5 Å². The van der Waals surface area contributed by atoms with Crippen LogP contribution in [-0.4, -0.2) is 25.3 Å². The number of benzene rings is 1. The van der Waals surface area contributed by atoms with E-state index < -0.39 is 10.0 Å². The summed E-state index contributed by atoms with van der Waals surface area (Å²) < 4.78 is 41.9. The molecule has 0 aliphatic carbocycles. The maximum Gasteiger partial charge on any atom is 0.253 e. The number of thiophene rings is 1. The van der Waals surface area contributed by atoms with E-state index in [1.54, 1.807) is 10.4 Å². The fraction of sp³-hybridized carbons (Fsp3) is 0.375. The number of hydrogen-bond acceptors (Lipinski definition) is 3. The molecular weight excluding hydrogens is 401 g/mol. The summed E-state index contributed by atoms with van der Waals surface area (Å²) >= 11 is 4.63. The molecule has 0 bridgehead atoms. The molecule has 0 amide bonds. The molecule has 3 nitrogen and oxygen atoms in total. The van der Waals surface area contributed by atoms with Crippen molar-refractivity contribution in [2.24, 2.45) is 0 Å². The molecule has 1 aromatic carbocycles. The van der Waals surface area contributed by atoms with Crippen LogP contribution in [-0.2, 0) is 16.4 Å². The Labute approximate surface area is 148 Å². The summed E-state index contributed by atoms with van der Waals surface area (Å²) in [4.78, 5) is 0.955. The smallest absolute Gasteiger partial charge is 0.207 e. The topological polar surface area (TPSA) is 37.4 Å². The van der Waals surface area contributed by atoms with Gasteiger partial charge < -0.3 is 0 Å². The number of rotatable bonds is 4. The molecule has 2 heterocycles. The average Bonchev–Trinajstić information content (AvgIpc) is 3.06. The zero-order chi connectivity index (χ0) is 16.6. The molecule has 0 saturated carbocycles. The summed E-state index contributed by atoms with van der Waals surface area (Å²) in [5.41, 5.74) is 0.832. The number of sulfonamides is 1. The number of halogens is 2. The first-order valence-electron chi connectivity index (χ1n) is 7.40. The second kappa shape index (κ2) is 6.63. The summed E-state index contributed by atoms with van der Waals surface area (Å²) in [5, 5.41) is 0. The van der Waals surface area contributed by atoms with Crippen molar-refractivity contribution in [3.8, 4) is 0 Å². The van der Waals surface area contributed by atoms with Crippen LogP contribution in [0.5, 0.6) is 0 Å². The fourth-order valence-corrected chi connectivity index (χ4v) is 7.55. The Morgan fingerprint density at radius 3 is 2.83 bits per heavy atom. The molecule has 3 rings (SSSR count). The van der Waals surface area contributed by atoms with Crippen LogP contribution in [0.15, 0.2) is 39.0 Å². The third kappa shape index (κ3) is 3.52. The minimum Gasteiger partial charge on any atom is -0.207 e. The molecule has 1 aliphatic heterocycles. The van der Waals surface area contributed by atoms with Crippen molar-refractivity contribution < 1.29 is 12.8 Å². The maximum absolute atomic E-state index is 13.4. The van der Waals surface area contributed by atoms with Gasteiger partial charge in [0.2, 0.25) is 0 Å². The Morgan fingerprint density at radius 1 is 1.39 bits per heavy atom. The molecule has 2 aromatic rings. The van der Waals surface area contributed by atoms with Crippen LogP contribution < -0.4 is 0 Å². The van der Waals surface area contributed by atoms with E-state index in [0.29, 0.717) is 21.6 Å². The highest BCUT2D eigenvalue weighted by Gasteiger charge is 2.37. The lowest BCUT2D eigenvalue weighted by molar-refractivity contribution is 0.386. The van der Waals surface area contributed by atoms with Crippen LogP contribution in [0, 0.1) is 12.7 Å². The van der Waals surface area contributed by atoms with Gasteiger partial charge in [0.25, 0.3) is 10.0 Å². The summed E-state index contributed by atoms with van der Waals surface area (Å²) in [6.07, 6.45) is 2.18. The van der Waals surface area contributed by atoms with Crippen LogP contribution in [0.4, 0.5) is 4.39 Å². The van der Waals surface area contributed by atoms with Crippen molar-refractivity contribution in [1.82, 2.24) is 4.31 Å². The van der Waals surface area contributed by atoms with Gasteiger partial charge in [0.05, 0.1) is 0 Å². The minimum absolute atomic E-state index is 0.115. The molecule has 1 atom stereocenters. The van der Waals surface area contributed by atoms with E-state index >= 15 is 0 Å². The first-order chi connectivity index (χ1) is 10.9. The van der Waals surface area contributed by atoms with Crippen LogP contribution in [0.1, 0.15) is 23.3 Å². The molecule has 7 heteroatoms. The van der Waals surface area contributed by atoms with Crippen molar-refractivity contribution in [2.45, 2.75) is 36.4 Å². The normalized spacial score (nSPS) is 19.3. The molecule has 124 valence electrons. The molecule has 1 saturated heterocycles. The standard InChI is InChI=1S/C16H17BrFNO2S2/c1-11-8-15(17)16(22-11)23(20,21)19-7-3-6-14(19)10-12-4-2-5-13(18)9-12/h2,4-5,8-9,14H,3,6-7,10H2,1H3. The van der Waals surface area contributed by atoms with Gasteiger partial charge in [0, 0.05) is 21.9 Å². The predicted molar refractivity (Wildman–Crippen MR) is 93.8 cm³/mol. The second-order valence-electron chi connectivity index (χ2n) is 5.74.